The lowest BCUT2D eigenvalue weighted by Crippen LogP contribution is -2.48. The molecule has 3 aromatic heterocycles. The van der Waals surface area contributed by atoms with Gasteiger partial charge in [-0.3, -0.25) is 4.90 Å². The van der Waals surface area contributed by atoms with Crippen LogP contribution < -0.4 is 20.3 Å². The van der Waals surface area contributed by atoms with Crippen molar-refractivity contribution in [3.63, 3.8) is 0 Å². The number of hydrogen-bond donors (Lipinski definition) is 1. The number of rotatable bonds is 10. The monoisotopic (exact) mass is 576 g/mol. The molecule has 1 aliphatic rings. The van der Waals surface area contributed by atoms with Gasteiger partial charge in [0.05, 0.1) is 17.7 Å². The number of fused-ring (bicyclic) bond motifs is 1. The van der Waals surface area contributed by atoms with E-state index in [2.05, 4.69) is 20.0 Å². The minimum atomic E-state index is -3.26. The number of sulfone groups is 1. The molecular weight excluding hydrogens is 546 g/mol. The Hall–Kier alpha value is -3.98. The number of nitrogens with zero attached hydrogens (tertiary/aromatic N) is 7. The molecule has 0 aliphatic carbocycles. The number of piperazine rings is 1. The summed E-state index contributed by atoms with van der Waals surface area (Å²) in [5, 5.41) is 4.41. The van der Waals surface area contributed by atoms with E-state index in [-0.39, 0.29) is 29.7 Å². The highest BCUT2D eigenvalue weighted by Gasteiger charge is 2.23. The van der Waals surface area contributed by atoms with Gasteiger partial charge in [-0.25, -0.2) is 17.2 Å². The van der Waals surface area contributed by atoms with E-state index in [0.29, 0.717) is 62.3 Å². The molecule has 1 aromatic carbocycles. The molecule has 0 unspecified atom stereocenters. The topological polar surface area (TPSA) is 135 Å². The number of benzene rings is 1. The summed E-state index contributed by atoms with van der Waals surface area (Å²) in [5.41, 5.74) is 7.51. The SMILES string of the molecule is CN(CCN1CCN(c2cc(OCCS(C)(=O)=O)c(F)cc2F)CC1)c1nc(N)n2nc(-c3ccco3)cc2n1. The van der Waals surface area contributed by atoms with Crippen molar-refractivity contribution in [2.24, 2.45) is 0 Å². The summed E-state index contributed by atoms with van der Waals surface area (Å²) >= 11 is 0. The molecular formula is C25H30F2N8O4S. The minimum Gasteiger partial charge on any atom is -0.489 e. The van der Waals surface area contributed by atoms with Gasteiger partial charge in [0.25, 0.3) is 0 Å². The Bertz CT molecular complexity index is 1590. The minimum absolute atomic E-state index is 0.171. The third-order valence-corrected chi connectivity index (χ3v) is 7.54. The first kappa shape index (κ1) is 27.6. The number of ether oxygens (including phenoxy) is 1. The predicted molar refractivity (Wildman–Crippen MR) is 146 cm³/mol. The van der Waals surface area contributed by atoms with E-state index < -0.39 is 21.5 Å². The second kappa shape index (κ2) is 11.3. The highest BCUT2D eigenvalue weighted by atomic mass is 32.2. The van der Waals surface area contributed by atoms with Crippen molar-refractivity contribution in [3.05, 3.63) is 48.2 Å². The zero-order valence-electron chi connectivity index (χ0n) is 22.1. The van der Waals surface area contributed by atoms with Gasteiger partial charge in [0.15, 0.2) is 32.8 Å². The molecule has 1 saturated heterocycles. The molecule has 0 spiro atoms. The van der Waals surface area contributed by atoms with Crippen molar-refractivity contribution in [2.75, 3.05) is 80.5 Å². The number of furan rings is 1. The van der Waals surface area contributed by atoms with Crippen LogP contribution in [-0.4, -0.2) is 97.8 Å². The van der Waals surface area contributed by atoms with Crippen molar-refractivity contribution < 1.29 is 26.4 Å². The molecule has 2 N–H and O–H groups in total. The molecule has 1 fully saturated rings. The second-order valence-corrected chi connectivity index (χ2v) is 11.9. The Morgan fingerprint density at radius 2 is 1.90 bits per heavy atom. The van der Waals surface area contributed by atoms with Crippen molar-refractivity contribution >= 4 is 33.1 Å². The van der Waals surface area contributed by atoms with Gasteiger partial charge in [0, 0.05) is 70.8 Å². The van der Waals surface area contributed by atoms with E-state index in [9.17, 15) is 17.2 Å². The Morgan fingerprint density at radius 1 is 1.12 bits per heavy atom. The molecule has 0 radical (unpaired) electrons. The van der Waals surface area contributed by atoms with Crippen LogP contribution in [0.2, 0.25) is 0 Å². The summed E-state index contributed by atoms with van der Waals surface area (Å²) in [6, 6.07) is 7.43. The van der Waals surface area contributed by atoms with Gasteiger partial charge in [-0.05, 0) is 12.1 Å². The molecule has 12 nitrogen and oxygen atoms in total. The number of anilines is 3. The number of hydrogen-bond acceptors (Lipinski definition) is 11. The van der Waals surface area contributed by atoms with Crippen LogP contribution in [0.15, 0.2) is 41.0 Å². The van der Waals surface area contributed by atoms with Crippen molar-refractivity contribution in [2.45, 2.75) is 0 Å². The van der Waals surface area contributed by atoms with E-state index in [1.165, 1.54) is 10.6 Å². The Balaban J connectivity index is 1.17. The van der Waals surface area contributed by atoms with Crippen LogP contribution >= 0.6 is 0 Å². The van der Waals surface area contributed by atoms with E-state index in [0.717, 1.165) is 12.3 Å². The van der Waals surface area contributed by atoms with Crippen LogP contribution in [0.25, 0.3) is 17.1 Å². The average Bonchev–Trinajstić information content (AvgIpc) is 3.59. The maximum Gasteiger partial charge on any atom is 0.230 e. The van der Waals surface area contributed by atoms with E-state index >= 15 is 0 Å². The van der Waals surface area contributed by atoms with Crippen LogP contribution in [0.1, 0.15) is 0 Å². The zero-order chi connectivity index (χ0) is 28.4. The summed E-state index contributed by atoms with van der Waals surface area (Å²) in [6.07, 6.45) is 2.64. The van der Waals surface area contributed by atoms with Gasteiger partial charge in [-0.15, -0.1) is 0 Å². The van der Waals surface area contributed by atoms with E-state index in [1.807, 2.05) is 16.8 Å². The fourth-order valence-electron chi connectivity index (χ4n) is 4.39. The lowest BCUT2D eigenvalue weighted by molar-refractivity contribution is 0.262. The van der Waals surface area contributed by atoms with Crippen LogP contribution in [0.4, 0.5) is 26.4 Å². The molecule has 0 atom stereocenters. The Morgan fingerprint density at radius 3 is 2.60 bits per heavy atom. The Labute approximate surface area is 229 Å². The summed E-state index contributed by atoms with van der Waals surface area (Å²) in [7, 11) is -1.38. The number of likely N-dealkylation sites (N-methyl/N-ethyl adjacent to an activating group) is 1. The van der Waals surface area contributed by atoms with Gasteiger partial charge < -0.3 is 24.7 Å². The van der Waals surface area contributed by atoms with E-state index in [4.69, 9.17) is 14.9 Å². The lowest BCUT2D eigenvalue weighted by Gasteiger charge is -2.37. The predicted octanol–water partition coefficient (Wildman–Crippen LogP) is 1.93. The molecule has 0 amide bonds. The molecule has 40 heavy (non-hydrogen) atoms. The van der Waals surface area contributed by atoms with Crippen LogP contribution in [0.5, 0.6) is 5.75 Å². The largest absolute Gasteiger partial charge is 0.489 e. The quantitative estimate of drug-likeness (QED) is 0.297. The van der Waals surface area contributed by atoms with E-state index in [1.54, 1.807) is 24.5 Å². The van der Waals surface area contributed by atoms with Gasteiger partial charge in [-0.2, -0.15) is 19.6 Å². The molecule has 5 rings (SSSR count). The summed E-state index contributed by atoms with van der Waals surface area (Å²) in [6.45, 7) is 3.49. The number of nitrogen functional groups attached to an aromatic ring is 1. The smallest absolute Gasteiger partial charge is 0.230 e. The van der Waals surface area contributed by atoms with Gasteiger partial charge in [0.2, 0.25) is 11.9 Å². The first-order valence-corrected chi connectivity index (χ1v) is 14.7. The molecule has 214 valence electrons. The number of nitrogens with two attached hydrogens (primary N) is 1. The molecule has 0 bridgehead atoms. The second-order valence-electron chi connectivity index (χ2n) is 9.62. The fourth-order valence-corrected chi connectivity index (χ4v) is 4.78. The Kier molecular flexibility index (Phi) is 7.76. The summed E-state index contributed by atoms with van der Waals surface area (Å²) in [4.78, 5) is 14.9. The highest BCUT2D eigenvalue weighted by molar-refractivity contribution is 7.90. The normalized spacial score (nSPS) is 14.7. The molecule has 4 aromatic rings. The van der Waals surface area contributed by atoms with Crippen molar-refractivity contribution in [3.8, 4) is 17.2 Å². The van der Waals surface area contributed by atoms with Crippen molar-refractivity contribution in [1.29, 1.82) is 0 Å². The molecule has 4 heterocycles. The number of halogens is 2. The van der Waals surface area contributed by atoms with Crippen LogP contribution in [-0.2, 0) is 9.84 Å². The first-order chi connectivity index (χ1) is 19.1. The van der Waals surface area contributed by atoms with Gasteiger partial charge >= 0.3 is 0 Å². The van der Waals surface area contributed by atoms with Gasteiger partial charge in [-0.1, -0.05) is 0 Å². The maximum atomic E-state index is 14.6. The van der Waals surface area contributed by atoms with Crippen LogP contribution in [0.3, 0.4) is 0 Å². The van der Waals surface area contributed by atoms with Gasteiger partial charge in [0.1, 0.15) is 18.1 Å². The number of aromatic nitrogens is 4. The molecule has 1 aliphatic heterocycles. The van der Waals surface area contributed by atoms with Crippen LogP contribution in [0, 0.1) is 11.6 Å². The first-order valence-electron chi connectivity index (χ1n) is 12.6. The standard InChI is InChI=1S/C25H30F2N8O4S/c1-32(25-29-23-15-19(21-4-3-11-38-21)31-35(23)24(28)30-25)5-6-33-7-9-34(10-8-33)20-16-22(18(27)14-17(20)26)39-12-13-40(2,36)37/h3-4,11,14-16H,5-10,12-13H2,1-2H3,(H2,28,29,30). The average molecular weight is 577 g/mol. The third kappa shape index (κ3) is 6.25. The zero-order valence-corrected chi connectivity index (χ0v) is 22.9. The maximum absolute atomic E-state index is 14.6. The lowest BCUT2D eigenvalue weighted by atomic mass is 10.2. The molecule has 15 heteroatoms. The summed E-state index contributed by atoms with van der Waals surface area (Å²) < 4.78 is 63.6. The third-order valence-electron chi connectivity index (χ3n) is 6.63. The molecule has 0 saturated carbocycles. The fraction of sp³-hybridized carbons (Fsp3) is 0.400. The van der Waals surface area contributed by atoms with Crippen molar-refractivity contribution in [1.82, 2.24) is 24.5 Å². The summed E-state index contributed by atoms with van der Waals surface area (Å²) in [5.74, 6) is -0.714. The highest BCUT2D eigenvalue weighted by Crippen LogP contribution is 2.29.